The number of hydrogen-bond donors (Lipinski definition) is 2. The first kappa shape index (κ1) is 8.89. The number of nitrogens with one attached hydrogen (secondary N) is 1. The van der Waals surface area contributed by atoms with Crippen molar-refractivity contribution in [3.05, 3.63) is 0 Å². The number of halogens is 2. The molecule has 0 bridgehead atoms. The largest absolute Gasteiger partial charge is 0.480 e. The van der Waals surface area contributed by atoms with Crippen molar-refractivity contribution in [1.29, 1.82) is 0 Å². The molecule has 2 N–H and O–H groups in total. The summed E-state index contributed by atoms with van der Waals surface area (Å²) >= 11 is 0. The quantitative estimate of drug-likeness (QED) is 0.619. The molecule has 0 aromatic rings. The molecule has 1 saturated heterocycles. The van der Waals surface area contributed by atoms with Gasteiger partial charge < -0.3 is 10.4 Å². The van der Waals surface area contributed by atoms with E-state index in [1.165, 1.54) is 0 Å². The molecule has 12 heavy (non-hydrogen) atoms. The van der Waals surface area contributed by atoms with Crippen LogP contribution in [0.15, 0.2) is 0 Å². The molecule has 0 radical (unpaired) electrons. The zero-order chi connectivity index (χ0) is 9.30. The third-order valence-electron chi connectivity index (χ3n) is 1.75. The number of alkyl halides is 2. The minimum Gasteiger partial charge on any atom is -0.480 e. The van der Waals surface area contributed by atoms with E-state index in [9.17, 15) is 18.4 Å². The summed E-state index contributed by atoms with van der Waals surface area (Å²) in [6.45, 7) is 0. The van der Waals surface area contributed by atoms with Crippen molar-refractivity contribution in [1.82, 2.24) is 5.32 Å². The van der Waals surface area contributed by atoms with Crippen molar-refractivity contribution >= 4 is 11.9 Å². The predicted octanol–water partition coefficient (Wildman–Crippen LogP) is -0.159. The van der Waals surface area contributed by atoms with Gasteiger partial charge in [-0.3, -0.25) is 4.79 Å². The van der Waals surface area contributed by atoms with Crippen molar-refractivity contribution in [2.75, 3.05) is 0 Å². The highest BCUT2D eigenvalue weighted by Gasteiger charge is 2.41. The summed E-state index contributed by atoms with van der Waals surface area (Å²) in [5, 5.41) is 10.3. The molecule has 1 fully saturated rings. The summed E-state index contributed by atoms with van der Waals surface area (Å²) in [7, 11) is 0. The minimum atomic E-state index is -2.78. The van der Waals surface area contributed by atoms with E-state index in [0.29, 0.717) is 0 Å². The number of carboxylic acids is 1. The molecule has 4 nitrogen and oxygen atoms in total. The molecule has 1 aliphatic rings. The van der Waals surface area contributed by atoms with Gasteiger partial charge in [-0.25, -0.2) is 13.6 Å². The van der Waals surface area contributed by atoms with Crippen molar-refractivity contribution in [3.63, 3.8) is 0 Å². The molecule has 1 aliphatic heterocycles. The zero-order valence-electron chi connectivity index (χ0n) is 5.96. The molecular weight excluding hydrogens is 172 g/mol. The Morgan fingerprint density at radius 3 is 2.50 bits per heavy atom. The molecular formula is C6H7F2NO3. The van der Waals surface area contributed by atoms with Crippen LogP contribution >= 0.6 is 0 Å². The number of carbonyl (C=O) groups is 2. The van der Waals surface area contributed by atoms with Crippen molar-refractivity contribution in [2.24, 2.45) is 5.92 Å². The smallest absolute Gasteiger partial charge is 0.326 e. The molecule has 1 amide bonds. The van der Waals surface area contributed by atoms with Gasteiger partial charge in [0.15, 0.2) is 0 Å². The highest BCUT2D eigenvalue weighted by Crippen LogP contribution is 2.22. The number of hydrogen-bond acceptors (Lipinski definition) is 2. The second-order valence-corrected chi connectivity index (χ2v) is 2.58. The van der Waals surface area contributed by atoms with Crippen molar-refractivity contribution in [2.45, 2.75) is 18.9 Å². The fraction of sp³-hybridized carbons (Fsp3) is 0.667. The second kappa shape index (κ2) is 3.04. The number of aliphatic carboxylic acids is 1. The van der Waals surface area contributed by atoms with Gasteiger partial charge >= 0.3 is 5.97 Å². The Hall–Kier alpha value is -1.20. The Morgan fingerprint density at radius 2 is 2.25 bits per heavy atom. The zero-order valence-corrected chi connectivity index (χ0v) is 5.96. The Morgan fingerprint density at radius 1 is 1.67 bits per heavy atom. The summed E-state index contributed by atoms with van der Waals surface area (Å²) < 4.78 is 23.9. The van der Waals surface area contributed by atoms with Crippen LogP contribution in [0.5, 0.6) is 0 Å². The summed E-state index contributed by atoms with van der Waals surface area (Å²) in [5.41, 5.74) is 0. The van der Waals surface area contributed by atoms with Crippen LogP contribution in [0.25, 0.3) is 0 Å². The van der Waals surface area contributed by atoms with Crippen LogP contribution in [0, 0.1) is 5.92 Å². The molecule has 0 aromatic carbocycles. The first-order chi connectivity index (χ1) is 5.52. The van der Waals surface area contributed by atoms with Gasteiger partial charge in [-0.2, -0.15) is 0 Å². The maximum absolute atomic E-state index is 12.0. The molecule has 68 valence electrons. The molecule has 6 heteroatoms. The van der Waals surface area contributed by atoms with Crippen LogP contribution in [0.3, 0.4) is 0 Å². The van der Waals surface area contributed by atoms with Crippen LogP contribution in [-0.2, 0) is 9.59 Å². The first-order valence-electron chi connectivity index (χ1n) is 3.33. The fourth-order valence-electron chi connectivity index (χ4n) is 1.08. The number of carboxylic acid groups (broad SMARTS) is 1. The van der Waals surface area contributed by atoms with E-state index < -0.39 is 30.3 Å². The van der Waals surface area contributed by atoms with Crippen LogP contribution in [0.2, 0.25) is 0 Å². The maximum atomic E-state index is 12.0. The highest BCUT2D eigenvalue weighted by atomic mass is 19.3. The summed E-state index contributed by atoms with van der Waals surface area (Å²) in [5.74, 6) is -3.62. The van der Waals surface area contributed by atoms with E-state index in [1.54, 1.807) is 0 Å². The van der Waals surface area contributed by atoms with Gasteiger partial charge in [0, 0.05) is 0 Å². The molecule has 1 rings (SSSR count). The summed E-state index contributed by atoms with van der Waals surface area (Å²) in [6.07, 6.45) is -3.11. The Balaban J connectivity index is 2.62. The monoisotopic (exact) mass is 179 g/mol. The van der Waals surface area contributed by atoms with Crippen LogP contribution in [-0.4, -0.2) is 29.5 Å². The third kappa shape index (κ3) is 1.51. The lowest BCUT2D eigenvalue weighted by atomic mass is 10.1. The second-order valence-electron chi connectivity index (χ2n) is 2.58. The lowest BCUT2D eigenvalue weighted by molar-refractivity contribution is -0.140. The molecule has 0 aliphatic carbocycles. The maximum Gasteiger partial charge on any atom is 0.326 e. The standard InChI is InChI=1S/C6H7F2NO3/c7-4(8)2-1-3(6(11)12)9-5(2)10/h2-4H,1H2,(H,9,10)(H,11,12)/t2-,3+/m1/s1. The van der Waals surface area contributed by atoms with E-state index in [1.807, 2.05) is 5.32 Å². The number of amides is 1. The first-order valence-corrected chi connectivity index (χ1v) is 3.33. The molecule has 0 saturated carbocycles. The highest BCUT2D eigenvalue weighted by molar-refractivity contribution is 5.89. The number of rotatable bonds is 2. The lowest BCUT2D eigenvalue weighted by Crippen LogP contribution is -2.33. The normalized spacial score (nSPS) is 29.1. The van der Waals surface area contributed by atoms with Crippen LogP contribution in [0.1, 0.15) is 6.42 Å². The molecule has 0 spiro atoms. The average molecular weight is 179 g/mol. The van der Waals surface area contributed by atoms with Gasteiger partial charge in [-0.05, 0) is 6.42 Å². The van der Waals surface area contributed by atoms with E-state index in [-0.39, 0.29) is 6.42 Å². The summed E-state index contributed by atoms with van der Waals surface area (Å²) in [6, 6.07) is -1.16. The Labute approximate surface area is 66.6 Å². The van der Waals surface area contributed by atoms with E-state index in [2.05, 4.69) is 0 Å². The molecule has 0 unspecified atom stereocenters. The fourth-order valence-corrected chi connectivity index (χ4v) is 1.08. The van der Waals surface area contributed by atoms with Crippen LogP contribution < -0.4 is 5.32 Å². The van der Waals surface area contributed by atoms with Crippen LogP contribution in [0.4, 0.5) is 8.78 Å². The van der Waals surface area contributed by atoms with Crippen molar-refractivity contribution < 1.29 is 23.5 Å². The topological polar surface area (TPSA) is 66.4 Å². The molecule has 2 atom stereocenters. The predicted molar refractivity (Wildman–Crippen MR) is 33.7 cm³/mol. The average Bonchev–Trinajstić information content (AvgIpc) is 2.30. The molecule has 0 aromatic heterocycles. The van der Waals surface area contributed by atoms with Gasteiger partial charge in [0.1, 0.15) is 12.0 Å². The van der Waals surface area contributed by atoms with Gasteiger partial charge in [0.25, 0.3) is 0 Å². The van der Waals surface area contributed by atoms with Crippen molar-refractivity contribution in [3.8, 4) is 0 Å². The van der Waals surface area contributed by atoms with E-state index >= 15 is 0 Å². The van der Waals surface area contributed by atoms with Gasteiger partial charge in [-0.1, -0.05) is 0 Å². The van der Waals surface area contributed by atoms with Gasteiger partial charge in [0.05, 0.1) is 0 Å². The lowest BCUT2D eigenvalue weighted by Gasteiger charge is -2.02. The minimum absolute atomic E-state index is 0.328. The Bertz CT molecular complexity index is 219. The van der Waals surface area contributed by atoms with E-state index in [4.69, 9.17) is 5.11 Å². The Kier molecular flexibility index (Phi) is 2.25. The third-order valence-corrected chi connectivity index (χ3v) is 1.75. The van der Waals surface area contributed by atoms with Gasteiger partial charge in [0.2, 0.25) is 12.3 Å². The van der Waals surface area contributed by atoms with E-state index in [0.717, 1.165) is 0 Å². The number of carbonyl (C=O) groups excluding carboxylic acids is 1. The summed E-state index contributed by atoms with van der Waals surface area (Å²) in [4.78, 5) is 20.9. The van der Waals surface area contributed by atoms with Gasteiger partial charge in [-0.15, -0.1) is 0 Å². The SMILES string of the molecule is O=C(O)[C@@H]1C[C@H](C(F)F)C(=O)N1. The molecule has 1 heterocycles.